The van der Waals surface area contributed by atoms with Gasteiger partial charge in [0.25, 0.3) is 0 Å². The predicted octanol–water partition coefficient (Wildman–Crippen LogP) is 18.7. The average Bonchev–Trinajstić information content (AvgIpc) is 3.84. The molecule has 2 aromatic heterocycles. The molecule has 11 aromatic rings. The van der Waals surface area contributed by atoms with Crippen molar-refractivity contribution in [3.8, 4) is 0 Å². The lowest BCUT2D eigenvalue weighted by Crippen LogP contribution is -2.12. The molecule has 0 amide bonds. The fraction of sp³-hybridized carbons (Fsp3) is 0.206. The molecule has 11 rings (SSSR count). The molecule has 0 aliphatic rings. The maximum atomic E-state index is 6.83. The standard InChI is InChI=1S/C63H58N2O2/c1-33-18-52(19-34(2)41(33)9)64(53-20-35(3)42(10)36(4)21-53)50-16-14-46-28-56-58-32-59-57-29-47-15-17-51(27-49(47)31-61(57)67-63(59)45(13)62(58)66-60(56)30-48(46)26-50)65(54-22-37(5)43(11)38(6)23-54)55-24-39(7)44(12)40(8)25-55/h14-32H,1-13H3. The van der Waals surface area contributed by atoms with Gasteiger partial charge in [0.2, 0.25) is 0 Å². The Morgan fingerprint density at radius 3 is 0.851 bits per heavy atom. The number of rotatable bonds is 6. The molecular weight excluding hydrogens is 817 g/mol. The van der Waals surface area contributed by atoms with Crippen molar-refractivity contribution >= 4 is 99.5 Å². The molecule has 9 aromatic carbocycles. The molecule has 0 bridgehead atoms. The summed E-state index contributed by atoms with van der Waals surface area (Å²) in [6, 6.07) is 43.5. The molecule has 67 heavy (non-hydrogen) atoms. The van der Waals surface area contributed by atoms with Gasteiger partial charge in [-0.1, -0.05) is 12.1 Å². The lowest BCUT2D eigenvalue weighted by Gasteiger charge is -2.28. The molecule has 2 heterocycles. The fourth-order valence-electron chi connectivity index (χ4n) is 10.5. The van der Waals surface area contributed by atoms with Gasteiger partial charge in [0.15, 0.2) is 0 Å². The van der Waals surface area contributed by atoms with Gasteiger partial charge in [-0.2, -0.15) is 0 Å². The van der Waals surface area contributed by atoms with Crippen LogP contribution in [0.4, 0.5) is 34.1 Å². The summed E-state index contributed by atoms with van der Waals surface area (Å²) in [7, 11) is 0. The van der Waals surface area contributed by atoms with Crippen molar-refractivity contribution in [2.75, 3.05) is 9.80 Å². The molecule has 0 fully saturated rings. The third-order valence-electron chi connectivity index (χ3n) is 15.5. The van der Waals surface area contributed by atoms with E-state index in [2.05, 4.69) is 215 Å². The normalized spacial score (nSPS) is 12.0. The summed E-state index contributed by atoms with van der Waals surface area (Å²) in [6.45, 7) is 28.7. The van der Waals surface area contributed by atoms with Crippen molar-refractivity contribution in [2.45, 2.75) is 90.0 Å². The van der Waals surface area contributed by atoms with E-state index in [1.54, 1.807) is 0 Å². The largest absolute Gasteiger partial charge is 0.456 e. The van der Waals surface area contributed by atoms with Gasteiger partial charge < -0.3 is 18.6 Å². The lowest BCUT2D eigenvalue weighted by atomic mass is 9.99. The highest BCUT2D eigenvalue weighted by atomic mass is 16.3. The van der Waals surface area contributed by atoms with Crippen molar-refractivity contribution in [2.24, 2.45) is 0 Å². The number of benzene rings is 9. The number of aryl methyl sites for hydroxylation is 9. The minimum Gasteiger partial charge on any atom is -0.456 e. The van der Waals surface area contributed by atoms with Crippen molar-refractivity contribution in [3.63, 3.8) is 0 Å². The Labute approximate surface area is 394 Å². The minimum atomic E-state index is 0.866. The number of nitrogens with zero attached hydrogens (tertiary/aromatic N) is 2. The first-order chi connectivity index (χ1) is 32.0. The summed E-state index contributed by atoms with van der Waals surface area (Å²) < 4.78 is 13.7. The molecule has 4 heteroatoms. The Hall–Kier alpha value is -7.30. The zero-order valence-electron chi connectivity index (χ0n) is 41.2. The molecule has 0 spiro atoms. The Morgan fingerprint density at radius 2 is 0.552 bits per heavy atom. The fourth-order valence-corrected chi connectivity index (χ4v) is 10.5. The third kappa shape index (κ3) is 6.79. The van der Waals surface area contributed by atoms with Crippen molar-refractivity contribution in [1.82, 2.24) is 0 Å². The van der Waals surface area contributed by atoms with E-state index in [0.29, 0.717) is 0 Å². The molecule has 0 aliphatic carbocycles. The second-order valence-electron chi connectivity index (χ2n) is 19.7. The van der Waals surface area contributed by atoms with Gasteiger partial charge in [0.1, 0.15) is 22.3 Å². The summed E-state index contributed by atoms with van der Waals surface area (Å²) in [5.74, 6) is 0. The topological polar surface area (TPSA) is 32.8 Å². The number of fused-ring (bicyclic) bond motifs is 8. The average molecular weight is 875 g/mol. The van der Waals surface area contributed by atoms with E-state index in [1.165, 1.54) is 77.5 Å². The van der Waals surface area contributed by atoms with Gasteiger partial charge in [-0.05, 0) is 281 Å². The maximum absolute atomic E-state index is 6.83. The first-order valence-corrected chi connectivity index (χ1v) is 23.6. The Balaban J connectivity index is 1.03. The van der Waals surface area contributed by atoms with Crippen LogP contribution in [0, 0.1) is 90.0 Å². The summed E-state index contributed by atoms with van der Waals surface area (Å²) in [5, 5.41) is 9.02. The SMILES string of the molecule is Cc1cc(N(c2cc(C)c(C)c(C)c2)c2ccc3cc4c(cc3c2)oc2c(C)c3oc5cc6cc(N(c7cc(C)c(C)c(C)c7)c7cc(C)c(C)c(C)c7)ccc6cc5c3cc24)cc(C)c1C. The summed E-state index contributed by atoms with van der Waals surface area (Å²) >= 11 is 0. The van der Waals surface area contributed by atoms with Gasteiger partial charge in [0.05, 0.1) is 0 Å². The van der Waals surface area contributed by atoms with Gasteiger partial charge in [-0.15, -0.1) is 0 Å². The zero-order chi connectivity index (χ0) is 46.9. The van der Waals surface area contributed by atoms with E-state index in [1.807, 2.05) is 0 Å². The van der Waals surface area contributed by atoms with E-state index < -0.39 is 0 Å². The highest BCUT2D eigenvalue weighted by Crippen LogP contribution is 2.45. The van der Waals surface area contributed by atoms with Crippen LogP contribution in [0.5, 0.6) is 0 Å². The number of hydrogen-bond acceptors (Lipinski definition) is 4. The highest BCUT2D eigenvalue weighted by molar-refractivity contribution is 6.20. The van der Waals surface area contributed by atoms with Crippen LogP contribution in [-0.4, -0.2) is 0 Å². The molecule has 0 unspecified atom stereocenters. The molecule has 0 N–H and O–H groups in total. The van der Waals surface area contributed by atoms with Crippen molar-refractivity contribution < 1.29 is 8.83 Å². The summed E-state index contributed by atoms with van der Waals surface area (Å²) in [4.78, 5) is 4.81. The Bertz CT molecular complexity index is 3460. The van der Waals surface area contributed by atoms with Gasteiger partial charge >= 0.3 is 0 Å². The maximum Gasteiger partial charge on any atom is 0.142 e. The monoisotopic (exact) mass is 874 g/mol. The summed E-state index contributed by atoms with van der Waals surface area (Å²) in [6.07, 6.45) is 0. The molecule has 0 radical (unpaired) electrons. The first kappa shape index (κ1) is 42.3. The smallest absolute Gasteiger partial charge is 0.142 e. The van der Waals surface area contributed by atoms with Crippen LogP contribution in [0.25, 0.3) is 65.4 Å². The molecule has 0 atom stereocenters. The minimum absolute atomic E-state index is 0.866. The lowest BCUT2D eigenvalue weighted by molar-refractivity contribution is 0.651. The number of anilines is 6. The molecule has 0 aliphatic heterocycles. The third-order valence-corrected chi connectivity index (χ3v) is 15.5. The Kier molecular flexibility index (Phi) is 9.72. The van der Waals surface area contributed by atoms with Crippen LogP contribution in [0.15, 0.2) is 124 Å². The molecule has 4 nitrogen and oxygen atoms in total. The second-order valence-corrected chi connectivity index (χ2v) is 19.7. The summed E-state index contributed by atoms with van der Waals surface area (Å²) in [5.41, 5.74) is 27.0. The van der Waals surface area contributed by atoms with E-state index in [4.69, 9.17) is 8.83 Å². The van der Waals surface area contributed by atoms with Crippen LogP contribution < -0.4 is 9.80 Å². The second kappa shape index (κ2) is 15.4. The van der Waals surface area contributed by atoms with E-state index in [-0.39, 0.29) is 0 Å². The van der Waals surface area contributed by atoms with Crippen molar-refractivity contribution in [1.29, 1.82) is 0 Å². The van der Waals surface area contributed by atoms with Crippen LogP contribution in [0.2, 0.25) is 0 Å². The van der Waals surface area contributed by atoms with Gasteiger partial charge in [0, 0.05) is 61.2 Å². The Morgan fingerprint density at radius 1 is 0.254 bits per heavy atom. The van der Waals surface area contributed by atoms with Crippen molar-refractivity contribution in [3.05, 3.63) is 188 Å². The van der Waals surface area contributed by atoms with Crippen LogP contribution in [0.1, 0.15) is 72.3 Å². The highest BCUT2D eigenvalue weighted by Gasteiger charge is 2.22. The molecule has 0 saturated heterocycles. The quantitative estimate of drug-likeness (QED) is 0.167. The van der Waals surface area contributed by atoms with E-state index in [0.717, 1.165) is 94.3 Å². The number of hydrogen-bond donors (Lipinski definition) is 0. The first-order valence-electron chi connectivity index (χ1n) is 23.6. The molecule has 0 saturated carbocycles. The molecular formula is C63H58N2O2. The predicted molar refractivity (Wildman–Crippen MR) is 287 cm³/mol. The van der Waals surface area contributed by atoms with Crippen LogP contribution in [0.3, 0.4) is 0 Å². The van der Waals surface area contributed by atoms with E-state index >= 15 is 0 Å². The van der Waals surface area contributed by atoms with Crippen LogP contribution >= 0.6 is 0 Å². The molecule has 332 valence electrons. The zero-order valence-corrected chi connectivity index (χ0v) is 41.2. The van der Waals surface area contributed by atoms with E-state index in [9.17, 15) is 0 Å². The van der Waals surface area contributed by atoms with Crippen LogP contribution in [-0.2, 0) is 0 Å². The number of furan rings is 2. The van der Waals surface area contributed by atoms with Gasteiger partial charge in [-0.25, -0.2) is 0 Å². The van der Waals surface area contributed by atoms with Gasteiger partial charge in [-0.3, -0.25) is 0 Å².